The molecule has 0 radical (unpaired) electrons. The summed E-state index contributed by atoms with van der Waals surface area (Å²) < 4.78 is 70.4. The van der Waals surface area contributed by atoms with Crippen LogP contribution in [0.4, 0.5) is 5.82 Å². The highest BCUT2D eigenvalue weighted by Crippen LogP contribution is 2.46. The summed E-state index contributed by atoms with van der Waals surface area (Å²) in [6.07, 6.45) is 3.23. The first kappa shape index (κ1) is 31.5. The van der Waals surface area contributed by atoms with Gasteiger partial charge in [-0.2, -0.15) is 4.31 Å². The van der Waals surface area contributed by atoms with Gasteiger partial charge in [-0.15, -0.1) is 0 Å². The van der Waals surface area contributed by atoms with Gasteiger partial charge in [0.15, 0.2) is 21.4 Å². The van der Waals surface area contributed by atoms with Crippen LogP contribution >= 0.6 is 0 Å². The first-order valence-corrected chi connectivity index (χ1v) is 17.9. The van der Waals surface area contributed by atoms with Gasteiger partial charge < -0.3 is 34.6 Å². The van der Waals surface area contributed by atoms with Crippen LogP contribution in [0.1, 0.15) is 32.1 Å². The highest BCUT2D eigenvalue weighted by atomic mass is 32.2. The van der Waals surface area contributed by atoms with E-state index in [4.69, 9.17) is 14.2 Å². The first-order chi connectivity index (χ1) is 21.0. The molecule has 1 saturated carbocycles. The number of benzene rings is 1. The number of aromatic nitrogens is 1. The molecule has 3 fully saturated rings. The average Bonchev–Trinajstić information content (AvgIpc) is 3.75. The van der Waals surface area contributed by atoms with Crippen molar-refractivity contribution >= 4 is 25.7 Å². The van der Waals surface area contributed by atoms with Crippen LogP contribution in [-0.4, -0.2) is 118 Å². The smallest absolute Gasteiger partial charge is 0.244 e. The number of sulfonamides is 1. The number of piperidine rings is 1. The molecule has 0 amide bonds. The number of hydrogen-bond donors (Lipinski definition) is 3. The lowest BCUT2D eigenvalue weighted by Gasteiger charge is -2.38. The fourth-order valence-electron chi connectivity index (χ4n) is 6.15. The molecule has 15 heteroatoms. The second-order valence-electron chi connectivity index (χ2n) is 12.3. The van der Waals surface area contributed by atoms with E-state index in [-0.39, 0.29) is 29.0 Å². The van der Waals surface area contributed by atoms with E-state index < -0.39 is 42.9 Å². The number of nitrogens with one attached hydrogen (secondary N) is 1. The molecule has 1 aliphatic carbocycles. The van der Waals surface area contributed by atoms with Crippen LogP contribution in [0, 0.1) is 0 Å². The maximum absolute atomic E-state index is 13.4. The molecule has 1 aromatic carbocycles. The van der Waals surface area contributed by atoms with Crippen molar-refractivity contribution in [2.24, 2.45) is 0 Å². The van der Waals surface area contributed by atoms with Crippen LogP contribution in [0.2, 0.25) is 0 Å². The third kappa shape index (κ3) is 6.02. The summed E-state index contributed by atoms with van der Waals surface area (Å²) in [6.45, 7) is 2.09. The molecule has 6 rings (SSSR count). The van der Waals surface area contributed by atoms with Crippen molar-refractivity contribution in [1.82, 2.24) is 14.6 Å². The molecule has 2 saturated heterocycles. The Morgan fingerprint density at radius 1 is 1.11 bits per heavy atom. The Morgan fingerprint density at radius 3 is 2.61 bits per heavy atom. The number of nitrogens with zero attached hydrogens (tertiary/aromatic N) is 3. The summed E-state index contributed by atoms with van der Waals surface area (Å²) in [7, 11) is -5.51. The molecule has 242 valence electrons. The highest BCUT2D eigenvalue weighted by Gasteiger charge is 2.54. The minimum absolute atomic E-state index is 0.00604. The fourth-order valence-corrected chi connectivity index (χ4v) is 9.39. The summed E-state index contributed by atoms with van der Waals surface area (Å²) in [5.74, 6) is 1.43. The molecule has 2 atom stereocenters. The second-order valence-corrected chi connectivity index (χ2v) is 16.5. The summed E-state index contributed by atoms with van der Waals surface area (Å²) in [6, 6.07) is 7.69. The lowest BCUT2D eigenvalue weighted by atomic mass is 9.88. The van der Waals surface area contributed by atoms with E-state index >= 15 is 0 Å². The van der Waals surface area contributed by atoms with Gasteiger partial charge in [-0.3, -0.25) is 0 Å². The zero-order valence-electron chi connectivity index (χ0n) is 24.7. The van der Waals surface area contributed by atoms with Crippen molar-refractivity contribution in [2.75, 3.05) is 64.6 Å². The second kappa shape index (κ2) is 12.0. The van der Waals surface area contributed by atoms with Crippen LogP contribution in [0.15, 0.2) is 46.3 Å². The molecule has 13 nitrogen and oxygen atoms in total. The molecule has 0 bridgehead atoms. The summed E-state index contributed by atoms with van der Waals surface area (Å²) in [5.41, 5.74) is -0.426. The van der Waals surface area contributed by atoms with Crippen molar-refractivity contribution in [3.8, 4) is 11.5 Å². The third-order valence-corrected chi connectivity index (χ3v) is 13.6. The number of ether oxygens (including phenoxy) is 3. The van der Waals surface area contributed by atoms with E-state index in [9.17, 15) is 27.0 Å². The number of pyridine rings is 1. The van der Waals surface area contributed by atoms with E-state index in [2.05, 4.69) is 10.3 Å². The lowest BCUT2D eigenvalue weighted by molar-refractivity contribution is -0.0312. The van der Waals surface area contributed by atoms with E-state index in [1.54, 1.807) is 18.2 Å². The minimum Gasteiger partial charge on any atom is -0.491 e. The standard InChI is InChI=1S/C29H40N4O9S2/c1-32-11-12-40-26-14-25(17-31-27(26)32)44(38,39)33-9-7-28(8-10-33)15-21(18-42-28)30-16-22(35)19-41-23-3-2-4-24(13-23)43(36,37)29(20-34)5-6-29/h2-4,13-14,17,21-22,30,34-35H,5-12,15-16,18-20H2,1H3. The van der Waals surface area contributed by atoms with Crippen LogP contribution in [0.25, 0.3) is 0 Å². The molecule has 2 aromatic rings. The van der Waals surface area contributed by atoms with Crippen molar-refractivity contribution < 1.29 is 41.3 Å². The average molecular weight is 653 g/mol. The van der Waals surface area contributed by atoms with Gasteiger partial charge >= 0.3 is 0 Å². The number of hydrogen-bond acceptors (Lipinski definition) is 12. The van der Waals surface area contributed by atoms with Crippen molar-refractivity contribution in [1.29, 1.82) is 0 Å². The van der Waals surface area contributed by atoms with Gasteiger partial charge in [-0.25, -0.2) is 21.8 Å². The predicted octanol–water partition coefficient (Wildman–Crippen LogP) is 0.551. The summed E-state index contributed by atoms with van der Waals surface area (Å²) >= 11 is 0. The zero-order chi connectivity index (χ0) is 31.2. The molecular formula is C29H40N4O9S2. The Balaban J connectivity index is 0.966. The first-order valence-electron chi connectivity index (χ1n) is 14.9. The maximum Gasteiger partial charge on any atom is 0.244 e. The summed E-state index contributed by atoms with van der Waals surface area (Å²) in [5, 5.41) is 23.4. The van der Waals surface area contributed by atoms with E-state index in [0.29, 0.717) is 82.3 Å². The van der Waals surface area contributed by atoms with Crippen LogP contribution in [-0.2, 0) is 24.6 Å². The molecule has 2 unspecified atom stereocenters. The molecule has 1 spiro atoms. The lowest BCUT2D eigenvalue weighted by Crippen LogP contribution is -2.47. The Morgan fingerprint density at radius 2 is 1.89 bits per heavy atom. The number of aliphatic hydroxyl groups excluding tert-OH is 2. The molecular weight excluding hydrogens is 612 g/mol. The SMILES string of the molecule is CN1CCOc2cc(S(=O)(=O)N3CCC4(CC3)CC(NCC(O)COc3cccc(S(=O)(=O)C5(CO)CC5)c3)CO4)cnc21. The zero-order valence-corrected chi connectivity index (χ0v) is 26.4. The van der Waals surface area contributed by atoms with Gasteiger partial charge in [0.25, 0.3) is 0 Å². The van der Waals surface area contributed by atoms with Gasteiger partial charge in [-0.1, -0.05) is 6.07 Å². The molecule has 3 aliphatic heterocycles. The fraction of sp³-hybridized carbons (Fsp3) is 0.621. The maximum atomic E-state index is 13.4. The monoisotopic (exact) mass is 652 g/mol. The Labute approximate surface area is 258 Å². The molecule has 4 aliphatic rings. The molecule has 1 aromatic heterocycles. The number of aliphatic hydroxyl groups is 2. The van der Waals surface area contributed by atoms with E-state index in [1.165, 1.54) is 22.6 Å². The van der Waals surface area contributed by atoms with Gasteiger partial charge in [0, 0.05) is 45.0 Å². The van der Waals surface area contributed by atoms with Gasteiger partial charge in [0.2, 0.25) is 10.0 Å². The topological polar surface area (TPSA) is 168 Å². The van der Waals surface area contributed by atoms with Crippen LogP contribution in [0.5, 0.6) is 11.5 Å². The summed E-state index contributed by atoms with van der Waals surface area (Å²) in [4.78, 5) is 6.49. The van der Waals surface area contributed by atoms with E-state index in [0.717, 1.165) is 0 Å². The molecule has 4 heterocycles. The van der Waals surface area contributed by atoms with Crippen molar-refractivity contribution in [3.63, 3.8) is 0 Å². The van der Waals surface area contributed by atoms with Gasteiger partial charge in [-0.05, 0) is 50.3 Å². The molecule has 44 heavy (non-hydrogen) atoms. The van der Waals surface area contributed by atoms with E-state index in [1.807, 2.05) is 11.9 Å². The number of fused-ring (bicyclic) bond motifs is 1. The normalized spacial score (nSPS) is 23.6. The minimum atomic E-state index is -3.73. The number of sulfone groups is 1. The van der Waals surface area contributed by atoms with Gasteiger partial charge in [0.1, 0.15) is 30.0 Å². The Hall–Kier alpha value is -2.53. The Kier molecular flexibility index (Phi) is 8.58. The Bertz CT molecular complexity index is 1570. The third-order valence-electron chi connectivity index (χ3n) is 9.20. The largest absolute Gasteiger partial charge is 0.491 e. The van der Waals surface area contributed by atoms with Crippen LogP contribution in [0.3, 0.4) is 0 Å². The number of rotatable bonds is 11. The van der Waals surface area contributed by atoms with Crippen molar-refractivity contribution in [3.05, 3.63) is 36.5 Å². The predicted molar refractivity (Wildman–Crippen MR) is 160 cm³/mol. The molecule has 3 N–H and O–H groups in total. The number of likely N-dealkylation sites (N-methyl/N-ethyl adjacent to an activating group) is 1. The van der Waals surface area contributed by atoms with Gasteiger partial charge in [0.05, 0.1) is 35.0 Å². The quantitative estimate of drug-likeness (QED) is 0.309. The number of anilines is 1. The van der Waals surface area contributed by atoms with Crippen molar-refractivity contribution in [2.45, 2.75) is 64.4 Å². The van der Waals surface area contributed by atoms with Crippen LogP contribution < -0.4 is 19.7 Å². The highest BCUT2D eigenvalue weighted by molar-refractivity contribution is 7.93.